The van der Waals surface area contributed by atoms with E-state index < -0.39 is 12.0 Å². The summed E-state index contributed by atoms with van der Waals surface area (Å²) in [4.78, 5) is 19.3. The molecule has 2 heterocycles. The monoisotopic (exact) mass is 488 g/mol. The van der Waals surface area contributed by atoms with Crippen LogP contribution >= 0.6 is 35.0 Å². The van der Waals surface area contributed by atoms with Gasteiger partial charge in [-0.3, -0.25) is 0 Å². The molecule has 0 N–H and O–H groups in total. The molecule has 2 aromatic rings. The summed E-state index contributed by atoms with van der Waals surface area (Å²) >= 11 is 14.7. The molecule has 0 saturated heterocycles. The van der Waals surface area contributed by atoms with E-state index >= 15 is 0 Å². The standard InChI is InChI=1S/C24H22Cl2N2O3S/c1-4-30-23(29)20-15(3)27-24-28(9-10-32-24)21(20)17-11-18(25)22(19(26)12-17)31-13-16-7-5-14(2)6-8-16/h5-12,21H,4,13H2,1-3H3. The summed E-state index contributed by atoms with van der Waals surface area (Å²) < 4.78 is 11.3. The van der Waals surface area contributed by atoms with E-state index in [1.165, 1.54) is 17.3 Å². The summed E-state index contributed by atoms with van der Waals surface area (Å²) in [6.07, 6.45) is 1.89. The van der Waals surface area contributed by atoms with Crippen LogP contribution < -0.4 is 4.74 Å². The predicted octanol–water partition coefficient (Wildman–Crippen LogP) is 6.65. The molecular weight excluding hydrogens is 467 g/mol. The van der Waals surface area contributed by atoms with Crippen LogP contribution in [0.15, 0.2) is 64.3 Å². The summed E-state index contributed by atoms with van der Waals surface area (Å²) in [5, 5.41) is 3.46. The third-order valence-electron chi connectivity index (χ3n) is 5.16. The number of hydrogen-bond acceptors (Lipinski definition) is 6. The van der Waals surface area contributed by atoms with Crippen LogP contribution in [0.3, 0.4) is 0 Å². The average Bonchev–Trinajstić information content (AvgIpc) is 3.21. The minimum absolute atomic E-state index is 0.275. The zero-order valence-corrected chi connectivity index (χ0v) is 20.2. The fraction of sp³-hybridized carbons (Fsp3) is 0.250. The Kier molecular flexibility index (Phi) is 6.84. The lowest BCUT2D eigenvalue weighted by Gasteiger charge is -2.33. The fourth-order valence-electron chi connectivity index (χ4n) is 3.61. The predicted molar refractivity (Wildman–Crippen MR) is 130 cm³/mol. The average molecular weight is 489 g/mol. The maximum absolute atomic E-state index is 12.8. The first-order chi connectivity index (χ1) is 15.4. The highest BCUT2D eigenvalue weighted by atomic mass is 35.5. The number of nitrogens with zero attached hydrogens (tertiary/aromatic N) is 2. The fourth-order valence-corrected chi connectivity index (χ4v) is 5.02. The molecule has 166 valence electrons. The first-order valence-electron chi connectivity index (χ1n) is 10.1. The van der Waals surface area contributed by atoms with Crippen molar-refractivity contribution in [3.63, 3.8) is 0 Å². The number of aryl methyl sites for hydroxylation is 1. The Labute approximate surface area is 201 Å². The van der Waals surface area contributed by atoms with E-state index in [0.717, 1.165) is 16.3 Å². The van der Waals surface area contributed by atoms with E-state index in [1.807, 2.05) is 54.6 Å². The van der Waals surface area contributed by atoms with Crippen LogP contribution in [-0.4, -0.2) is 22.6 Å². The van der Waals surface area contributed by atoms with Gasteiger partial charge in [0.2, 0.25) is 0 Å². The molecule has 0 radical (unpaired) electrons. The molecule has 0 spiro atoms. The first-order valence-corrected chi connectivity index (χ1v) is 11.8. The second kappa shape index (κ2) is 9.61. The number of halogens is 2. The Balaban J connectivity index is 1.67. The Morgan fingerprint density at radius 3 is 2.50 bits per heavy atom. The molecule has 8 heteroatoms. The minimum Gasteiger partial charge on any atom is -0.486 e. The number of amidine groups is 1. The SMILES string of the molecule is CCOC(=O)C1=C(C)N=C2SC=CN2C1c1cc(Cl)c(OCc2ccc(C)cc2)c(Cl)c1. The number of ether oxygens (including phenoxy) is 2. The van der Waals surface area contributed by atoms with Gasteiger partial charge in [-0.05, 0) is 49.4 Å². The molecule has 0 fully saturated rings. The highest BCUT2D eigenvalue weighted by Crippen LogP contribution is 2.44. The van der Waals surface area contributed by atoms with Crippen molar-refractivity contribution in [1.82, 2.24) is 4.90 Å². The lowest BCUT2D eigenvalue weighted by atomic mass is 9.94. The molecular formula is C24H22Cl2N2O3S. The lowest BCUT2D eigenvalue weighted by molar-refractivity contribution is -0.139. The van der Waals surface area contributed by atoms with E-state index in [9.17, 15) is 4.79 Å². The van der Waals surface area contributed by atoms with Gasteiger partial charge in [-0.1, -0.05) is 64.8 Å². The van der Waals surface area contributed by atoms with Gasteiger partial charge >= 0.3 is 5.97 Å². The molecule has 5 nitrogen and oxygen atoms in total. The molecule has 2 aliphatic heterocycles. The van der Waals surface area contributed by atoms with Crippen LogP contribution in [0.4, 0.5) is 0 Å². The number of carbonyl (C=O) groups is 1. The molecule has 2 aliphatic rings. The van der Waals surface area contributed by atoms with Crippen molar-refractivity contribution in [3.05, 3.63) is 86.0 Å². The number of esters is 1. The van der Waals surface area contributed by atoms with Gasteiger partial charge in [-0.15, -0.1) is 0 Å². The van der Waals surface area contributed by atoms with Gasteiger partial charge < -0.3 is 14.4 Å². The van der Waals surface area contributed by atoms with Gasteiger partial charge in [0.1, 0.15) is 6.61 Å². The van der Waals surface area contributed by atoms with E-state index in [1.54, 1.807) is 19.1 Å². The summed E-state index contributed by atoms with van der Waals surface area (Å²) in [7, 11) is 0. The second-order valence-corrected chi connectivity index (χ2v) is 9.10. The summed E-state index contributed by atoms with van der Waals surface area (Å²) in [5.74, 6) is 0.00197. The number of allylic oxidation sites excluding steroid dienone is 1. The third-order valence-corrected chi connectivity index (χ3v) is 6.49. The first kappa shape index (κ1) is 22.8. The molecule has 1 atom stereocenters. The van der Waals surface area contributed by atoms with Crippen molar-refractivity contribution >= 4 is 46.1 Å². The van der Waals surface area contributed by atoms with E-state index in [4.69, 9.17) is 32.7 Å². The maximum atomic E-state index is 12.8. The molecule has 2 aromatic carbocycles. The number of rotatable bonds is 6. The molecule has 0 aromatic heterocycles. The smallest absolute Gasteiger partial charge is 0.338 e. The number of hydrogen-bond donors (Lipinski definition) is 0. The van der Waals surface area contributed by atoms with Crippen molar-refractivity contribution < 1.29 is 14.3 Å². The van der Waals surface area contributed by atoms with Gasteiger partial charge in [0.05, 0.1) is 34.0 Å². The number of benzene rings is 2. The third kappa shape index (κ3) is 4.53. The summed E-state index contributed by atoms with van der Waals surface area (Å²) in [6, 6.07) is 11.2. The molecule has 0 aliphatic carbocycles. The minimum atomic E-state index is -0.450. The second-order valence-electron chi connectivity index (χ2n) is 7.41. The largest absolute Gasteiger partial charge is 0.486 e. The zero-order chi connectivity index (χ0) is 22.8. The maximum Gasteiger partial charge on any atom is 0.338 e. The number of fused-ring (bicyclic) bond motifs is 1. The normalized spacial score (nSPS) is 17.3. The summed E-state index contributed by atoms with van der Waals surface area (Å²) in [5.41, 5.74) is 4.03. The molecule has 4 rings (SSSR count). The summed E-state index contributed by atoms with van der Waals surface area (Å²) in [6.45, 7) is 6.24. The Bertz CT molecular complexity index is 1120. The van der Waals surface area contributed by atoms with E-state index in [-0.39, 0.29) is 6.61 Å². The number of aliphatic imine (C=N–C) groups is 1. The van der Waals surface area contributed by atoms with Crippen LogP contribution in [0, 0.1) is 6.92 Å². The highest BCUT2D eigenvalue weighted by molar-refractivity contribution is 8.16. The van der Waals surface area contributed by atoms with Gasteiger partial charge in [-0.2, -0.15) is 0 Å². The van der Waals surface area contributed by atoms with Crippen LogP contribution in [-0.2, 0) is 16.1 Å². The van der Waals surface area contributed by atoms with Crippen molar-refractivity contribution in [2.45, 2.75) is 33.4 Å². The number of thioether (sulfide) groups is 1. The van der Waals surface area contributed by atoms with Crippen molar-refractivity contribution in [2.75, 3.05) is 6.61 Å². The van der Waals surface area contributed by atoms with Crippen molar-refractivity contribution in [2.24, 2.45) is 4.99 Å². The van der Waals surface area contributed by atoms with Crippen molar-refractivity contribution in [1.29, 1.82) is 0 Å². The van der Waals surface area contributed by atoms with Crippen LogP contribution in [0.25, 0.3) is 0 Å². The van der Waals surface area contributed by atoms with Crippen molar-refractivity contribution in [3.8, 4) is 5.75 Å². The quantitative estimate of drug-likeness (QED) is 0.426. The zero-order valence-electron chi connectivity index (χ0n) is 17.9. The van der Waals surface area contributed by atoms with Gasteiger partial charge in [0.25, 0.3) is 0 Å². The van der Waals surface area contributed by atoms with Crippen LogP contribution in [0.2, 0.25) is 10.0 Å². The lowest BCUT2D eigenvalue weighted by Crippen LogP contribution is -2.34. The topological polar surface area (TPSA) is 51.1 Å². The van der Waals surface area contributed by atoms with Crippen LogP contribution in [0.5, 0.6) is 5.75 Å². The molecule has 0 saturated carbocycles. The Hall–Kier alpha value is -2.41. The Morgan fingerprint density at radius 1 is 1.16 bits per heavy atom. The van der Waals surface area contributed by atoms with Gasteiger partial charge in [0, 0.05) is 6.20 Å². The van der Waals surface area contributed by atoms with Gasteiger partial charge in [-0.25, -0.2) is 9.79 Å². The van der Waals surface area contributed by atoms with E-state index in [0.29, 0.717) is 33.7 Å². The highest BCUT2D eigenvalue weighted by Gasteiger charge is 2.38. The van der Waals surface area contributed by atoms with Gasteiger partial charge in [0.15, 0.2) is 10.9 Å². The Morgan fingerprint density at radius 2 is 1.84 bits per heavy atom. The van der Waals surface area contributed by atoms with Crippen LogP contribution in [0.1, 0.15) is 36.6 Å². The molecule has 32 heavy (non-hydrogen) atoms. The molecule has 0 bridgehead atoms. The van der Waals surface area contributed by atoms with E-state index in [2.05, 4.69) is 4.99 Å². The molecule has 1 unspecified atom stereocenters. The number of carbonyl (C=O) groups excluding carboxylic acids is 1. The molecule has 0 amide bonds.